The van der Waals surface area contributed by atoms with E-state index in [1.54, 1.807) is 61.5 Å². The average Bonchev–Trinajstić information content (AvgIpc) is 3.00. The maximum atomic E-state index is 12.9. The highest BCUT2D eigenvalue weighted by Gasteiger charge is 2.38. The van der Waals surface area contributed by atoms with Gasteiger partial charge in [-0.2, -0.15) is 0 Å². The fourth-order valence-corrected chi connectivity index (χ4v) is 3.86. The highest BCUT2D eigenvalue weighted by molar-refractivity contribution is 9.10. The molecular weight excluding hydrogens is 531 g/mol. The SMILES string of the molecule is Cc1cc(Cl)ccc1OC(=O)c1ccc(NC2=C(Cl)C(=O)N(c3ccc(Br)cc3)C2=O)cc1. The molecule has 1 aliphatic rings. The number of nitrogens with one attached hydrogen (secondary N) is 1. The monoisotopic (exact) mass is 544 g/mol. The van der Waals surface area contributed by atoms with Crippen molar-refractivity contribution >= 4 is 68.3 Å². The Hall–Kier alpha value is -3.13. The van der Waals surface area contributed by atoms with Crippen molar-refractivity contribution in [1.29, 1.82) is 0 Å². The van der Waals surface area contributed by atoms with Crippen LogP contribution in [0.4, 0.5) is 11.4 Å². The predicted molar refractivity (Wildman–Crippen MR) is 131 cm³/mol. The number of ether oxygens (including phenoxy) is 1. The zero-order valence-electron chi connectivity index (χ0n) is 17.1. The number of benzene rings is 3. The van der Waals surface area contributed by atoms with E-state index in [2.05, 4.69) is 21.2 Å². The minimum atomic E-state index is -0.620. The van der Waals surface area contributed by atoms with Crippen LogP contribution in [0.1, 0.15) is 15.9 Å². The van der Waals surface area contributed by atoms with Crippen LogP contribution < -0.4 is 15.0 Å². The van der Waals surface area contributed by atoms with Crippen molar-refractivity contribution < 1.29 is 19.1 Å². The number of carbonyl (C=O) groups is 3. The number of imide groups is 1. The smallest absolute Gasteiger partial charge is 0.343 e. The first-order chi connectivity index (χ1) is 15.7. The summed E-state index contributed by atoms with van der Waals surface area (Å²) >= 11 is 15.4. The van der Waals surface area contributed by atoms with E-state index < -0.39 is 17.8 Å². The first-order valence-electron chi connectivity index (χ1n) is 9.64. The van der Waals surface area contributed by atoms with Gasteiger partial charge in [0, 0.05) is 15.2 Å². The van der Waals surface area contributed by atoms with Gasteiger partial charge in [-0.3, -0.25) is 9.59 Å². The second-order valence-corrected chi connectivity index (χ2v) is 8.84. The van der Waals surface area contributed by atoms with E-state index in [-0.39, 0.29) is 10.7 Å². The highest BCUT2D eigenvalue weighted by Crippen LogP contribution is 2.31. The molecule has 1 N–H and O–H groups in total. The maximum Gasteiger partial charge on any atom is 0.343 e. The third-order valence-electron chi connectivity index (χ3n) is 4.84. The lowest BCUT2D eigenvalue weighted by Gasteiger charge is -2.15. The number of aryl methyl sites for hydroxylation is 1. The van der Waals surface area contributed by atoms with Gasteiger partial charge in [-0.25, -0.2) is 9.69 Å². The molecule has 166 valence electrons. The van der Waals surface area contributed by atoms with Crippen LogP contribution >= 0.6 is 39.1 Å². The first kappa shape index (κ1) is 23.0. The number of rotatable bonds is 5. The molecule has 2 amide bonds. The van der Waals surface area contributed by atoms with Crippen molar-refractivity contribution in [2.75, 3.05) is 10.2 Å². The molecule has 0 radical (unpaired) electrons. The standard InChI is InChI=1S/C24H15BrCl2N2O4/c1-13-12-16(26)6-11-19(13)33-24(32)14-2-7-17(8-3-14)28-21-20(27)22(30)29(23(21)31)18-9-4-15(25)5-10-18/h2-12,28H,1H3. The van der Waals surface area contributed by atoms with E-state index in [1.165, 1.54) is 12.1 Å². The molecule has 0 saturated carbocycles. The number of nitrogens with zero attached hydrogens (tertiary/aromatic N) is 1. The van der Waals surface area contributed by atoms with Crippen molar-refractivity contribution in [1.82, 2.24) is 0 Å². The number of anilines is 2. The molecule has 3 aromatic carbocycles. The summed E-state index contributed by atoms with van der Waals surface area (Å²) in [6.45, 7) is 1.79. The van der Waals surface area contributed by atoms with Crippen LogP contribution in [0.25, 0.3) is 0 Å². The molecule has 0 bridgehead atoms. The summed E-state index contributed by atoms with van der Waals surface area (Å²) in [4.78, 5) is 38.9. The van der Waals surface area contributed by atoms with Crippen molar-refractivity contribution in [3.8, 4) is 5.75 Å². The Morgan fingerprint density at radius 3 is 2.24 bits per heavy atom. The van der Waals surface area contributed by atoms with E-state index >= 15 is 0 Å². The van der Waals surface area contributed by atoms with Crippen LogP contribution in [0, 0.1) is 6.92 Å². The third-order valence-corrected chi connectivity index (χ3v) is 5.96. The van der Waals surface area contributed by atoms with Gasteiger partial charge >= 0.3 is 5.97 Å². The summed E-state index contributed by atoms with van der Waals surface area (Å²) < 4.78 is 6.23. The summed E-state index contributed by atoms with van der Waals surface area (Å²) in [5.41, 5.74) is 1.87. The van der Waals surface area contributed by atoms with Crippen LogP contribution in [0.2, 0.25) is 5.02 Å². The molecule has 0 saturated heterocycles. The van der Waals surface area contributed by atoms with Gasteiger partial charge in [0.25, 0.3) is 11.8 Å². The van der Waals surface area contributed by atoms with Crippen molar-refractivity contribution in [3.05, 3.63) is 98.1 Å². The average molecular weight is 546 g/mol. The van der Waals surface area contributed by atoms with Gasteiger partial charge in [0.1, 0.15) is 16.5 Å². The van der Waals surface area contributed by atoms with Gasteiger partial charge in [0.05, 0.1) is 11.3 Å². The Balaban J connectivity index is 1.48. The van der Waals surface area contributed by atoms with E-state index in [1.807, 2.05) is 0 Å². The van der Waals surface area contributed by atoms with Crippen LogP contribution in [-0.4, -0.2) is 17.8 Å². The lowest BCUT2D eigenvalue weighted by atomic mass is 10.2. The molecule has 4 rings (SSSR count). The molecular formula is C24H15BrCl2N2O4. The van der Waals surface area contributed by atoms with Gasteiger partial charge < -0.3 is 10.1 Å². The van der Waals surface area contributed by atoms with Gasteiger partial charge in [-0.05, 0) is 79.2 Å². The predicted octanol–water partition coefficient (Wildman–Crippen LogP) is 6.07. The third kappa shape index (κ3) is 4.80. The van der Waals surface area contributed by atoms with Gasteiger partial charge in [-0.1, -0.05) is 39.1 Å². The second-order valence-electron chi connectivity index (χ2n) is 7.11. The molecule has 6 nitrogen and oxygen atoms in total. The largest absolute Gasteiger partial charge is 0.423 e. The number of halogens is 3. The molecule has 0 atom stereocenters. The quantitative estimate of drug-likeness (QED) is 0.239. The molecule has 1 aliphatic heterocycles. The Morgan fingerprint density at radius 2 is 1.61 bits per heavy atom. The van der Waals surface area contributed by atoms with E-state index in [4.69, 9.17) is 27.9 Å². The van der Waals surface area contributed by atoms with Crippen LogP contribution in [0.3, 0.4) is 0 Å². The lowest BCUT2D eigenvalue weighted by Crippen LogP contribution is -2.32. The number of hydrogen-bond acceptors (Lipinski definition) is 5. The molecule has 0 spiro atoms. The van der Waals surface area contributed by atoms with Crippen LogP contribution in [0.15, 0.2) is 81.9 Å². The molecule has 0 aliphatic carbocycles. The summed E-state index contributed by atoms with van der Waals surface area (Å²) in [6.07, 6.45) is 0. The van der Waals surface area contributed by atoms with Crippen molar-refractivity contribution in [2.24, 2.45) is 0 Å². The summed E-state index contributed by atoms with van der Waals surface area (Å²) in [5.74, 6) is -1.33. The van der Waals surface area contributed by atoms with Crippen LogP contribution in [-0.2, 0) is 9.59 Å². The normalized spacial score (nSPS) is 13.5. The number of esters is 1. The molecule has 9 heteroatoms. The summed E-state index contributed by atoms with van der Waals surface area (Å²) in [6, 6.07) is 17.9. The van der Waals surface area contributed by atoms with Crippen molar-refractivity contribution in [2.45, 2.75) is 6.92 Å². The summed E-state index contributed by atoms with van der Waals surface area (Å²) in [5, 5.41) is 3.21. The Morgan fingerprint density at radius 1 is 0.939 bits per heavy atom. The fourth-order valence-electron chi connectivity index (χ4n) is 3.16. The minimum Gasteiger partial charge on any atom is -0.423 e. The maximum absolute atomic E-state index is 12.9. The van der Waals surface area contributed by atoms with Crippen LogP contribution in [0.5, 0.6) is 5.75 Å². The van der Waals surface area contributed by atoms with Gasteiger partial charge in [0.2, 0.25) is 0 Å². The molecule has 0 fully saturated rings. The lowest BCUT2D eigenvalue weighted by molar-refractivity contribution is -0.120. The Labute approximate surface area is 207 Å². The summed E-state index contributed by atoms with van der Waals surface area (Å²) in [7, 11) is 0. The molecule has 0 aromatic heterocycles. The fraction of sp³-hybridized carbons (Fsp3) is 0.0417. The zero-order valence-corrected chi connectivity index (χ0v) is 20.2. The topological polar surface area (TPSA) is 75.7 Å². The van der Waals surface area contributed by atoms with E-state index in [0.717, 1.165) is 14.9 Å². The minimum absolute atomic E-state index is 0.0447. The zero-order chi connectivity index (χ0) is 23.7. The van der Waals surface area contributed by atoms with Gasteiger partial charge in [-0.15, -0.1) is 0 Å². The molecule has 33 heavy (non-hydrogen) atoms. The molecule has 0 unspecified atom stereocenters. The Kier molecular flexibility index (Phi) is 6.56. The molecule has 1 heterocycles. The van der Waals surface area contributed by atoms with E-state index in [9.17, 15) is 14.4 Å². The number of hydrogen-bond donors (Lipinski definition) is 1. The number of carbonyl (C=O) groups excluding carboxylic acids is 3. The molecule has 3 aromatic rings. The first-order valence-corrected chi connectivity index (χ1v) is 11.2. The Bertz CT molecular complexity index is 1310. The second kappa shape index (κ2) is 9.39. The van der Waals surface area contributed by atoms with E-state index in [0.29, 0.717) is 27.7 Å². The number of amides is 2. The van der Waals surface area contributed by atoms with Crippen molar-refractivity contribution in [3.63, 3.8) is 0 Å². The highest BCUT2D eigenvalue weighted by atomic mass is 79.9. The van der Waals surface area contributed by atoms with Gasteiger partial charge in [0.15, 0.2) is 0 Å².